The maximum absolute atomic E-state index is 13.0. The van der Waals surface area contributed by atoms with Gasteiger partial charge >= 0.3 is 5.97 Å². The van der Waals surface area contributed by atoms with Crippen molar-refractivity contribution in [1.82, 2.24) is 20.9 Å². The first-order chi connectivity index (χ1) is 19.1. The second-order valence-corrected chi connectivity index (χ2v) is 9.23. The van der Waals surface area contributed by atoms with Gasteiger partial charge in [0, 0.05) is 23.5 Å². The van der Waals surface area contributed by atoms with Crippen LogP contribution in [0.25, 0.3) is 10.9 Å². The first kappa shape index (κ1) is 29.8. The summed E-state index contributed by atoms with van der Waals surface area (Å²) >= 11 is 0. The molecule has 0 saturated carbocycles. The van der Waals surface area contributed by atoms with E-state index in [0.717, 1.165) is 16.5 Å². The van der Waals surface area contributed by atoms with Gasteiger partial charge in [-0.3, -0.25) is 19.2 Å². The average molecular weight is 553 g/mol. The molecule has 1 aromatic heterocycles. The summed E-state index contributed by atoms with van der Waals surface area (Å²) in [6, 6.07) is 10.6. The number of carboxylic acids is 1. The lowest BCUT2D eigenvalue weighted by Crippen LogP contribution is -2.59. The van der Waals surface area contributed by atoms with Crippen LogP contribution in [0.3, 0.4) is 0 Å². The summed E-state index contributed by atoms with van der Waals surface area (Å²) in [5.74, 6) is -4.98. The molecular formula is C27H32N6O7. The number of nitrogens with one attached hydrogen (secondary N) is 4. The van der Waals surface area contributed by atoms with Crippen molar-refractivity contribution in [1.29, 1.82) is 0 Å². The van der Waals surface area contributed by atoms with E-state index >= 15 is 0 Å². The Kier molecular flexibility index (Phi) is 10.3. The monoisotopic (exact) mass is 552 g/mol. The predicted octanol–water partition coefficient (Wildman–Crippen LogP) is -1.31. The molecule has 212 valence electrons. The lowest BCUT2D eigenvalue weighted by Gasteiger charge is -2.24. The number of aliphatic hydroxyl groups is 1. The lowest BCUT2D eigenvalue weighted by molar-refractivity contribution is -0.142. The predicted molar refractivity (Wildman–Crippen MR) is 144 cm³/mol. The highest BCUT2D eigenvalue weighted by Gasteiger charge is 2.31. The Hall–Kier alpha value is -4.75. The number of hydrogen-bond acceptors (Lipinski definition) is 7. The fourth-order valence-corrected chi connectivity index (χ4v) is 4.11. The van der Waals surface area contributed by atoms with E-state index < -0.39 is 66.8 Å². The molecule has 13 heteroatoms. The molecular weight excluding hydrogens is 520 g/mol. The van der Waals surface area contributed by atoms with E-state index in [-0.39, 0.29) is 12.8 Å². The topological polar surface area (TPSA) is 230 Å². The van der Waals surface area contributed by atoms with Crippen LogP contribution < -0.4 is 27.4 Å². The van der Waals surface area contributed by atoms with E-state index in [1.165, 1.54) is 0 Å². The van der Waals surface area contributed by atoms with Gasteiger partial charge in [-0.2, -0.15) is 0 Å². The summed E-state index contributed by atoms with van der Waals surface area (Å²) in [7, 11) is 0. The molecule has 1 heterocycles. The molecule has 0 aliphatic rings. The zero-order chi connectivity index (χ0) is 29.2. The number of para-hydroxylation sites is 1. The third-order valence-corrected chi connectivity index (χ3v) is 6.20. The number of carboxylic acid groups (broad SMARTS) is 1. The molecule has 2 aromatic carbocycles. The van der Waals surface area contributed by atoms with Gasteiger partial charge < -0.3 is 42.6 Å². The molecule has 0 aliphatic heterocycles. The van der Waals surface area contributed by atoms with E-state index in [9.17, 15) is 34.2 Å². The number of primary amides is 1. The van der Waals surface area contributed by atoms with Crippen molar-refractivity contribution in [3.05, 3.63) is 71.9 Å². The number of carbonyl (C=O) groups excluding carboxylic acids is 4. The second kappa shape index (κ2) is 13.9. The molecule has 0 aliphatic carbocycles. The Morgan fingerprint density at radius 3 is 2.05 bits per heavy atom. The Bertz CT molecular complexity index is 1360. The van der Waals surface area contributed by atoms with E-state index in [4.69, 9.17) is 11.5 Å². The van der Waals surface area contributed by atoms with Crippen LogP contribution in [0.4, 0.5) is 0 Å². The van der Waals surface area contributed by atoms with Crippen molar-refractivity contribution in [2.45, 2.75) is 43.4 Å². The smallest absolute Gasteiger partial charge is 0.326 e. The number of nitrogens with two attached hydrogens (primary N) is 2. The summed E-state index contributed by atoms with van der Waals surface area (Å²) in [4.78, 5) is 65.0. The molecule has 3 aromatic rings. The number of aliphatic carboxylic acids is 1. The number of fused-ring (bicyclic) bond motifs is 1. The van der Waals surface area contributed by atoms with Gasteiger partial charge in [0.15, 0.2) is 0 Å². The third kappa shape index (κ3) is 8.12. The minimum absolute atomic E-state index is 0.0864. The average Bonchev–Trinajstić information content (AvgIpc) is 3.33. The van der Waals surface area contributed by atoms with Gasteiger partial charge in [-0.1, -0.05) is 48.5 Å². The van der Waals surface area contributed by atoms with Crippen molar-refractivity contribution in [2.75, 3.05) is 6.61 Å². The Labute approximate surface area is 229 Å². The minimum Gasteiger partial charge on any atom is -0.480 e. The van der Waals surface area contributed by atoms with Crippen LogP contribution in [0.15, 0.2) is 60.8 Å². The van der Waals surface area contributed by atoms with Crippen molar-refractivity contribution in [3.63, 3.8) is 0 Å². The Morgan fingerprint density at radius 2 is 1.40 bits per heavy atom. The molecule has 0 fully saturated rings. The van der Waals surface area contributed by atoms with E-state index in [1.54, 1.807) is 48.7 Å². The molecule has 0 bridgehead atoms. The SMILES string of the molecule is NC(=O)CC(NC(=O)C(CO)NC(=O)C(N)Cc1ccccc1)C(=O)NC(Cc1c[nH]c2ccccc12)C(=O)O. The lowest BCUT2D eigenvalue weighted by atomic mass is 10.0. The molecule has 10 N–H and O–H groups in total. The molecule has 3 rings (SSSR count). The van der Waals surface area contributed by atoms with Crippen molar-refractivity contribution in [3.8, 4) is 0 Å². The third-order valence-electron chi connectivity index (χ3n) is 6.20. The highest BCUT2D eigenvalue weighted by atomic mass is 16.4. The van der Waals surface area contributed by atoms with Crippen LogP contribution in [0.5, 0.6) is 0 Å². The molecule has 13 nitrogen and oxygen atoms in total. The highest BCUT2D eigenvalue weighted by molar-refractivity contribution is 5.96. The number of hydrogen-bond donors (Lipinski definition) is 8. The minimum atomic E-state index is -1.57. The number of aliphatic hydroxyl groups excluding tert-OH is 1. The number of rotatable bonds is 14. The molecule has 0 radical (unpaired) electrons. The summed E-state index contributed by atoms with van der Waals surface area (Å²) in [6.07, 6.45) is 1.06. The van der Waals surface area contributed by atoms with Gasteiger partial charge in [-0.15, -0.1) is 0 Å². The number of H-pyrrole nitrogens is 1. The molecule has 4 unspecified atom stereocenters. The van der Waals surface area contributed by atoms with Crippen LogP contribution in [0.1, 0.15) is 17.5 Å². The van der Waals surface area contributed by atoms with Crippen molar-refractivity contribution < 1.29 is 34.2 Å². The number of benzene rings is 2. The fraction of sp³-hybridized carbons (Fsp3) is 0.296. The first-order valence-corrected chi connectivity index (χ1v) is 12.5. The second-order valence-electron chi connectivity index (χ2n) is 9.23. The van der Waals surface area contributed by atoms with E-state index in [2.05, 4.69) is 20.9 Å². The summed E-state index contributed by atoms with van der Waals surface area (Å²) < 4.78 is 0. The van der Waals surface area contributed by atoms with Crippen LogP contribution in [-0.2, 0) is 36.8 Å². The standard InChI is InChI=1S/C27H32N6O7/c28-18(10-15-6-2-1-3-7-15)24(36)33-22(14-34)26(38)31-20(12-23(29)35)25(37)32-21(27(39)40)11-16-13-30-19-9-5-4-8-17(16)19/h1-9,13,18,20-22,30,34H,10-12,14,28H2,(H2,29,35)(H,31,38)(H,32,37)(H,33,36)(H,39,40). The quantitative estimate of drug-likeness (QED) is 0.119. The number of aromatic nitrogens is 1. The van der Waals surface area contributed by atoms with E-state index in [1.807, 2.05) is 12.1 Å². The fourth-order valence-electron chi connectivity index (χ4n) is 4.11. The number of aromatic amines is 1. The van der Waals surface area contributed by atoms with E-state index in [0.29, 0.717) is 5.56 Å². The van der Waals surface area contributed by atoms with Gasteiger partial charge in [0.25, 0.3) is 0 Å². The summed E-state index contributed by atoms with van der Waals surface area (Å²) in [5, 5.41) is 27.1. The maximum Gasteiger partial charge on any atom is 0.326 e. The normalized spacial score (nSPS) is 13.9. The van der Waals surface area contributed by atoms with Crippen LogP contribution in [-0.4, -0.2) is 75.6 Å². The molecule has 40 heavy (non-hydrogen) atoms. The van der Waals surface area contributed by atoms with Crippen LogP contribution in [0, 0.1) is 0 Å². The molecule has 4 amide bonds. The van der Waals surface area contributed by atoms with Crippen LogP contribution in [0.2, 0.25) is 0 Å². The summed E-state index contributed by atoms with van der Waals surface area (Å²) in [6.45, 7) is -0.834. The number of amides is 4. The van der Waals surface area contributed by atoms with Gasteiger partial charge in [0.05, 0.1) is 19.1 Å². The van der Waals surface area contributed by atoms with Crippen molar-refractivity contribution in [2.24, 2.45) is 11.5 Å². The first-order valence-electron chi connectivity index (χ1n) is 12.5. The van der Waals surface area contributed by atoms with Gasteiger partial charge in [-0.05, 0) is 23.6 Å². The molecule has 0 saturated heterocycles. The zero-order valence-electron chi connectivity index (χ0n) is 21.5. The Morgan fingerprint density at radius 1 is 0.800 bits per heavy atom. The van der Waals surface area contributed by atoms with Crippen LogP contribution >= 0.6 is 0 Å². The number of carbonyl (C=O) groups is 5. The largest absolute Gasteiger partial charge is 0.480 e. The van der Waals surface area contributed by atoms with Gasteiger partial charge in [0.2, 0.25) is 23.6 Å². The maximum atomic E-state index is 13.0. The highest BCUT2D eigenvalue weighted by Crippen LogP contribution is 2.19. The zero-order valence-corrected chi connectivity index (χ0v) is 21.5. The molecule has 4 atom stereocenters. The van der Waals surface area contributed by atoms with Crippen molar-refractivity contribution >= 4 is 40.5 Å². The van der Waals surface area contributed by atoms with Gasteiger partial charge in [-0.25, -0.2) is 4.79 Å². The Balaban J connectivity index is 1.66. The summed E-state index contributed by atoms with van der Waals surface area (Å²) in [5.41, 5.74) is 13.4. The molecule has 0 spiro atoms. The van der Waals surface area contributed by atoms with Gasteiger partial charge in [0.1, 0.15) is 18.1 Å².